The van der Waals surface area contributed by atoms with Crippen LogP contribution in [0.1, 0.15) is 32.7 Å². The van der Waals surface area contributed by atoms with Gasteiger partial charge in [-0.2, -0.15) is 9.65 Å². The molecule has 0 amide bonds. The first-order valence-electron chi connectivity index (χ1n) is 8.13. The second kappa shape index (κ2) is 6.22. The zero-order chi connectivity index (χ0) is 19.3. The minimum absolute atomic E-state index is 0.0329. The fourth-order valence-corrected chi connectivity index (χ4v) is 4.28. The van der Waals surface area contributed by atoms with Crippen molar-refractivity contribution in [2.24, 2.45) is 0 Å². The molecule has 0 unspecified atom stereocenters. The summed E-state index contributed by atoms with van der Waals surface area (Å²) >= 11 is 1.26. The molecule has 0 saturated carbocycles. The number of halogens is 2. The smallest absolute Gasteiger partial charge is 0.200 e. The first-order chi connectivity index (χ1) is 12.9. The summed E-state index contributed by atoms with van der Waals surface area (Å²) in [5.41, 5.74) is 4.19. The second-order valence-electron chi connectivity index (χ2n) is 6.35. The topological polar surface area (TPSA) is 64.2 Å². The van der Waals surface area contributed by atoms with Gasteiger partial charge in [-0.1, -0.05) is 0 Å². The lowest BCUT2D eigenvalue weighted by Crippen LogP contribution is -1.97. The third-order valence-corrected chi connectivity index (χ3v) is 5.62. The molecule has 1 aromatic heterocycles. The number of thiophene rings is 1. The van der Waals surface area contributed by atoms with Crippen molar-refractivity contribution in [3.63, 3.8) is 0 Å². The number of phenols is 2. The average Bonchev–Trinajstić information content (AvgIpc) is 3.23. The van der Waals surface area contributed by atoms with Gasteiger partial charge in [-0.3, -0.25) is 0 Å². The lowest BCUT2D eigenvalue weighted by molar-refractivity contribution is 0.406. The molecule has 0 bridgehead atoms. The highest BCUT2D eigenvalue weighted by Crippen LogP contribution is 2.47. The summed E-state index contributed by atoms with van der Waals surface area (Å²) in [6, 6.07) is 9.55. The highest BCUT2D eigenvalue weighted by atomic mass is 32.1. The van der Waals surface area contributed by atoms with Gasteiger partial charge < -0.3 is 10.2 Å². The number of allylic oxidation sites excluding steroid dienone is 1. The Bertz CT molecular complexity index is 1170. The minimum Gasteiger partial charge on any atom is -0.508 e. The number of hydrogen-bond donors (Lipinski definition) is 2. The number of nitrogens with zero attached hydrogens (tertiary/aromatic N) is 1. The fraction of sp³-hybridized carbons (Fsp3) is 0.0952. The molecule has 134 valence electrons. The van der Waals surface area contributed by atoms with Gasteiger partial charge >= 0.3 is 0 Å². The van der Waals surface area contributed by atoms with Gasteiger partial charge in [-0.05, 0) is 76.9 Å². The van der Waals surface area contributed by atoms with Gasteiger partial charge in [-0.25, -0.2) is 4.39 Å². The minimum atomic E-state index is -1.30. The maximum absolute atomic E-state index is 14.6. The van der Waals surface area contributed by atoms with Gasteiger partial charge in [0.2, 0.25) is 5.82 Å². The molecule has 4 rings (SSSR count). The number of rotatable bonds is 2. The number of benzene rings is 2. The van der Waals surface area contributed by atoms with Gasteiger partial charge in [-0.15, -0.1) is 11.3 Å². The van der Waals surface area contributed by atoms with Crippen LogP contribution in [0, 0.1) is 29.9 Å². The Kier molecular flexibility index (Phi) is 3.97. The largest absolute Gasteiger partial charge is 0.508 e. The van der Waals surface area contributed by atoms with E-state index in [0.29, 0.717) is 33.6 Å². The lowest BCUT2D eigenvalue weighted by atomic mass is 9.94. The van der Waals surface area contributed by atoms with E-state index in [1.807, 2.05) is 6.92 Å². The van der Waals surface area contributed by atoms with E-state index < -0.39 is 17.4 Å². The van der Waals surface area contributed by atoms with Crippen LogP contribution in [0.3, 0.4) is 0 Å². The van der Waals surface area contributed by atoms with Crippen LogP contribution in [0.15, 0.2) is 35.7 Å². The van der Waals surface area contributed by atoms with Crippen LogP contribution in [0.2, 0.25) is 0 Å². The molecular weight excluding hydrogens is 368 g/mol. The van der Waals surface area contributed by atoms with E-state index in [2.05, 4.69) is 6.07 Å². The first kappa shape index (κ1) is 17.3. The van der Waals surface area contributed by atoms with Gasteiger partial charge in [0.05, 0.1) is 0 Å². The second-order valence-corrected chi connectivity index (χ2v) is 7.27. The fourth-order valence-electron chi connectivity index (χ4n) is 3.59. The summed E-state index contributed by atoms with van der Waals surface area (Å²) in [6.45, 7) is 1.84. The van der Waals surface area contributed by atoms with Gasteiger partial charge in [0.25, 0.3) is 0 Å². The van der Waals surface area contributed by atoms with Crippen LogP contribution in [-0.4, -0.2) is 10.2 Å². The predicted molar refractivity (Wildman–Crippen MR) is 99.5 cm³/mol. The summed E-state index contributed by atoms with van der Waals surface area (Å²) in [5, 5.41) is 30.7. The summed E-state index contributed by atoms with van der Waals surface area (Å²) in [4.78, 5) is 0.455. The molecule has 2 N–H and O–H groups in total. The number of nitriles is 1. The molecule has 0 fully saturated rings. The van der Waals surface area contributed by atoms with Crippen molar-refractivity contribution in [1.82, 2.24) is 0 Å². The van der Waals surface area contributed by atoms with Crippen LogP contribution >= 0.6 is 11.3 Å². The molecular formula is C21H13F2NO2S. The zero-order valence-corrected chi connectivity index (χ0v) is 15.0. The molecule has 0 radical (unpaired) electrons. The van der Waals surface area contributed by atoms with Gasteiger partial charge in [0, 0.05) is 11.1 Å². The Hall–Kier alpha value is -3.17. The summed E-state index contributed by atoms with van der Waals surface area (Å²) in [5.74, 6) is -3.13. The lowest BCUT2D eigenvalue weighted by Gasteiger charge is -2.11. The van der Waals surface area contributed by atoms with Crippen LogP contribution in [-0.2, 0) is 6.42 Å². The summed E-state index contributed by atoms with van der Waals surface area (Å²) in [7, 11) is 0. The van der Waals surface area contributed by atoms with Crippen LogP contribution in [0.25, 0.3) is 11.1 Å². The van der Waals surface area contributed by atoms with E-state index in [1.54, 1.807) is 23.6 Å². The van der Waals surface area contributed by atoms with E-state index in [-0.39, 0.29) is 11.3 Å². The first-order valence-corrected chi connectivity index (χ1v) is 9.01. The monoisotopic (exact) mass is 381 g/mol. The third kappa shape index (κ3) is 2.59. The average molecular weight is 381 g/mol. The van der Waals surface area contributed by atoms with Crippen molar-refractivity contribution in [3.05, 3.63) is 80.0 Å². The molecule has 0 atom stereocenters. The van der Waals surface area contributed by atoms with E-state index in [1.165, 1.54) is 17.4 Å². The SMILES string of the molecule is Cc1cc(O)cc2c1CC(c1ccc(O)c(F)c1F)=C2c1ccsc1C#N. The molecule has 0 saturated heterocycles. The molecule has 1 aliphatic rings. The van der Waals surface area contributed by atoms with Crippen molar-refractivity contribution < 1.29 is 19.0 Å². The van der Waals surface area contributed by atoms with Crippen LogP contribution in [0.4, 0.5) is 8.78 Å². The summed E-state index contributed by atoms with van der Waals surface area (Å²) < 4.78 is 28.6. The highest BCUT2D eigenvalue weighted by Gasteiger charge is 2.30. The maximum Gasteiger partial charge on any atom is 0.200 e. The van der Waals surface area contributed by atoms with E-state index in [4.69, 9.17) is 0 Å². The maximum atomic E-state index is 14.6. The Morgan fingerprint density at radius 3 is 2.56 bits per heavy atom. The number of hydrogen-bond acceptors (Lipinski definition) is 4. The number of fused-ring (bicyclic) bond motifs is 1. The molecule has 27 heavy (non-hydrogen) atoms. The normalized spacial score (nSPS) is 13.0. The highest BCUT2D eigenvalue weighted by molar-refractivity contribution is 7.10. The summed E-state index contributed by atoms with van der Waals surface area (Å²) in [6.07, 6.45) is 0.332. The molecule has 6 heteroatoms. The van der Waals surface area contributed by atoms with Crippen LogP contribution < -0.4 is 0 Å². The molecule has 1 aliphatic carbocycles. The molecule has 2 aromatic carbocycles. The quantitative estimate of drug-likeness (QED) is 0.647. The predicted octanol–water partition coefficient (Wildman–Crippen LogP) is 5.13. The number of aryl methyl sites for hydroxylation is 1. The van der Waals surface area contributed by atoms with E-state index in [9.17, 15) is 24.3 Å². The third-order valence-electron chi connectivity index (χ3n) is 4.81. The van der Waals surface area contributed by atoms with Crippen molar-refractivity contribution in [3.8, 4) is 17.6 Å². The van der Waals surface area contributed by atoms with Gasteiger partial charge in [0.1, 0.15) is 16.7 Å². The Morgan fingerprint density at radius 2 is 1.81 bits per heavy atom. The number of phenolic OH excluding ortho intramolecular Hbond substituents is 2. The standard InChI is InChI=1S/C21H13F2NO2S/c1-10-6-11(25)7-15-14(10)8-16(12-2-3-17(26)21(23)20(12)22)19(15)13-4-5-27-18(13)9-24/h2-7,25-26H,8H2,1H3. The molecule has 3 aromatic rings. The Morgan fingerprint density at radius 1 is 1.04 bits per heavy atom. The Balaban J connectivity index is 2.07. The van der Waals surface area contributed by atoms with Gasteiger partial charge in [0.15, 0.2) is 11.6 Å². The van der Waals surface area contributed by atoms with Crippen molar-refractivity contribution >= 4 is 22.5 Å². The molecule has 3 nitrogen and oxygen atoms in total. The molecule has 0 aliphatic heterocycles. The van der Waals surface area contributed by atoms with E-state index in [0.717, 1.165) is 17.2 Å². The number of aromatic hydroxyl groups is 2. The van der Waals surface area contributed by atoms with Crippen molar-refractivity contribution in [2.45, 2.75) is 13.3 Å². The van der Waals surface area contributed by atoms with Crippen molar-refractivity contribution in [1.29, 1.82) is 5.26 Å². The van der Waals surface area contributed by atoms with E-state index >= 15 is 0 Å². The molecule has 0 spiro atoms. The van der Waals surface area contributed by atoms with Crippen molar-refractivity contribution in [2.75, 3.05) is 0 Å². The Labute approximate surface area is 158 Å². The zero-order valence-electron chi connectivity index (χ0n) is 14.2. The molecule has 1 heterocycles. The van der Waals surface area contributed by atoms with Crippen LogP contribution in [0.5, 0.6) is 11.5 Å².